The molecule has 15 heavy (non-hydrogen) atoms. The molecule has 0 aromatic heterocycles. The highest BCUT2D eigenvalue weighted by Crippen LogP contribution is 2.45. The van der Waals surface area contributed by atoms with Crippen LogP contribution in [-0.4, -0.2) is 13.1 Å². The van der Waals surface area contributed by atoms with Crippen LogP contribution < -0.4 is 5.32 Å². The molecule has 0 amide bonds. The quantitative estimate of drug-likeness (QED) is 0.677. The van der Waals surface area contributed by atoms with E-state index in [0.717, 1.165) is 13.1 Å². The highest BCUT2D eigenvalue weighted by Gasteiger charge is 2.40. The molecule has 1 N–H and O–H groups in total. The van der Waals surface area contributed by atoms with Crippen LogP contribution in [0.15, 0.2) is 30.3 Å². The van der Waals surface area contributed by atoms with Gasteiger partial charge in [-0.05, 0) is 36.6 Å². The van der Waals surface area contributed by atoms with Gasteiger partial charge in [0.05, 0.1) is 0 Å². The minimum atomic E-state index is 0.321. The number of allylic oxidation sites excluding steroid dienone is 1. The third-order valence-electron chi connectivity index (χ3n) is 4.07. The number of benzene rings is 1. The van der Waals surface area contributed by atoms with Gasteiger partial charge in [0.1, 0.15) is 0 Å². The molecule has 2 aliphatic rings. The van der Waals surface area contributed by atoms with E-state index < -0.39 is 0 Å². The van der Waals surface area contributed by atoms with Crippen LogP contribution in [0.2, 0.25) is 0 Å². The Bertz CT molecular complexity index is 408. The standard InChI is InChI=1S/C14H17N/c1-11-10-15-9-8-14(11)7-6-12-4-2-3-5-13(12)14/h2-7,11,15H,8-10H2,1H3/t11-,14-/m1/s1. The van der Waals surface area contributed by atoms with Crippen molar-refractivity contribution in [1.82, 2.24) is 5.32 Å². The maximum absolute atomic E-state index is 3.48. The highest BCUT2D eigenvalue weighted by molar-refractivity contribution is 5.65. The molecule has 1 saturated heterocycles. The van der Waals surface area contributed by atoms with E-state index in [-0.39, 0.29) is 0 Å². The molecule has 1 fully saturated rings. The van der Waals surface area contributed by atoms with Gasteiger partial charge in [-0.25, -0.2) is 0 Å². The predicted molar refractivity (Wildman–Crippen MR) is 63.8 cm³/mol. The Morgan fingerprint density at radius 3 is 3.07 bits per heavy atom. The number of rotatable bonds is 0. The lowest BCUT2D eigenvalue weighted by molar-refractivity contribution is 0.274. The summed E-state index contributed by atoms with van der Waals surface area (Å²) in [5.74, 6) is 0.700. The zero-order valence-corrected chi connectivity index (χ0v) is 9.16. The lowest BCUT2D eigenvalue weighted by Crippen LogP contribution is -2.44. The molecule has 0 unspecified atom stereocenters. The average Bonchev–Trinajstić information content (AvgIpc) is 2.64. The third-order valence-corrected chi connectivity index (χ3v) is 4.07. The van der Waals surface area contributed by atoms with Gasteiger partial charge in [-0.3, -0.25) is 0 Å². The van der Waals surface area contributed by atoms with Gasteiger partial charge in [-0.15, -0.1) is 0 Å². The van der Waals surface area contributed by atoms with Crippen molar-refractivity contribution in [2.75, 3.05) is 13.1 Å². The molecule has 1 spiro atoms. The Kier molecular flexibility index (Phi) is 1.96. The Morgan fingerprint density at radius 2 is 2.20 bits per heavy atom. The van der Waals surface area contributed by atoms with E-state index in [9.17, 15) is 0 Å². The minimum absolute atomic E-state index is 0.321. The van der Waals surface area contributed by atoms with Crippen molar-refractivity contribution in [2.24, 2.45) is 5.92 Å². The lowest BCUT2D eigenvalue weighted by atomic mass is 9.68. The van der Waals surface area contributed by atoms with Crippen molar-refractivity contribution in [2.45, 2.75) is 18.8 Å². The zero-order valence-electron chi connectivity index (χ0n) is 9.16. The maximum Gasteiger partial charge on any atom is 0.0191 e. The molecule has 3 rings (SSSR count). The van der Waals surface area contributed by atoms with Crippen LogP contribution in [0.1, 0.15) is 24.5 Å². The zero-order chi connectivity index (χ0) is 10.3. The van der Waals surface area contributed by atoms with Gasteiger partial charge in [0.25, 0.3) is 0 Å². The van der Waals surface area contributed by atoms with Crippen molar-refractivity contribution in [3.05, 3.63) is 41.5 Å². The summed E-state index contributed by atoms with van der Waals surface area (Å²) in [6.45, 7) is 4.64. The molecule has 1 aromatic carbocycles. The number of hydrogen-bond acceptors (Lipinski definition) is 1. The molecule has 78 valence electrons. The second-order valence-electron chi connectivity index (χ2n) is 4.82. The van der Waals surface area contributed by atoms with Crippen LogP contribution in [-0.2, 0) is 5.41 Å². The van der Waals surface area contributed by atoms with Gasteiger partial charge >= 0.3 is 0 Å². The fourth-order valence-electron chi connectivity index (χ4n) is 3.08. The molecule has 0 saturated carbocycles. The van der Waals surface area contributed by atoms with Crippen molar-refractivity contribution in [3.8, 4) is 0 Å². The first-order valence-corrected chi connectivity index (χ1v) is 5.82. The Hall–Kier alpha value is -1.08. The lowest BCUT2D eigenvalue weighted by Gasteiger charge is -2.40. The first-order chi connectivity index (χ1) is 7.33. The molecule has 2 atom stereocenters. The molecule has 1 nitrogen and oxygen atoms in total. The SMILES string of the molecule is C[C@@H]1CNCC[C@]12C=Cc1ccccc12. The Labute approximate surface area is 91.2 Å². The van der Waals surface area contributed by atoms with Crippen LogP contribution in [0.3, 0.4) is 0 Å². The van der Waals surface area contributed by atoms with E-state index in [2.05, 4.69) is 48.7 Å². The maximum atomic E-state index is 3.48. The summed E-state index contributed by atoms with van der Waals surface area (Å²) in [6.07, 6.45) is 5.97. The van der Waals surface area contributed by atoms with E-state index in [1.165, 1.54) is 12.0 Å². The number of fused-ring (bicyclic) bond motifs is 2. The van der Waals surface area contributed by atoms with Crippen LogP contribution >= 0.6 is 0 Å². The predicted octanol–water partition coefficient (Wildman–Crippen LogP) is 2.58. The molecule has 1 heterocycles. The molecular formula is C14H17N. The smallest absolute Gasteiger partial charge is 0.0191 e. The van der Waals surface area contributed by atoms with Gasteiger partial charge in [-0.2, -0.15) is 0 Å². The fraction of sp³-hybridized carbons (Fsp3) is 0.429. The minimum Gasteiger partial charge on any atom is -0.316 e. The van der Waals surface area contributed by atoms with Gasteiger partial charge in [0.2, 0.25) is 0 Å². The second-order valence-corrected chi connectivity index (χ2v) is 4.82. The van der Waals surface area contributed by atoms with Gasteiger partial charge in [-0.1, -0.05) is 43.3 Å². The molecule has 0 radical (unpaired) electrons. The average molecular weight is 199 g/mol. The van der Waals surface area contributed by atoms with Crippen molar-refractivity contribution < 1.29 is 0 Å². The number of nitrogens with one attached hydrogen (secondary N) is 1. The normalized spacial score (nSPS) is 33.3. The molecule has 1 aliphatic heterocycles. The van der Waals surface area contributed by atoms with Crippen molar-refractivity contribution >= 4 is 6.08 Å². The van der Waals surface area contributed by atoms with Crippen molar-refractivity contribution in [3.63, 3.8) is 0 Å². The summed E-state index contributed by atoms with van der Waals surface area (Å²) in [7, 11) is 0. The summed E-state index contributed by atoms with van der Waals surface area (Å²) < 4.78 is 0. The fourth-order valence-corrected chi connectivity index (χ4v) is 3.08. The Balaban J connectivity index is 2.11. The monoisotopic (exact) mass is 199 g/mol. The summed E-state index contributed by atoms with van der Waals surface area (Å²) in [4.78, 5) is 0. The largest absolute Gasteiger partial charge is 0.316 e. The van der Waals surface area contributed by atoms with E-state index in [0.29, 0.717) is 11.3 Å². The number of piperidine rings is 1. The summed E-state index contributed by atoms with van der Waals surface area (Å²) >= 11 is 0. The summed E-state index contributed by atoms with van der Waals surface area (Å²) in [6, 6.07) is 8.84. The first-order valence-electron chi connectivity index (χ1n) is 5.82. The molecule has 0 bridgehead atoms. The van der Waals surface area contributed by atoms with Crippen LogP contribution in [0, 0.1) is 5.92 Å². The summed E-state index contributed by atoms with van der Waals surface area (Å²) in [5.41, 5.74) is 3.28. The highest BCUT2D eigenvalue weighted by atomic mass is 14.9. The molecular weight excluding hydrogens is 182 g/mol. The van der Waals surface area contributed by atoms with E-state index in [4.69, 9.17) is 0 Å². The van der Waals surface area contributed by atoms with E-state index in [1.54, 1.807) is 5.56 Å². The van der Waals surface area contributed by atoms with Crippen LogP contribution in [0.25, 0.3) is 6.08 Å². The van der Waals surface area contributed by atoms with Gasteiger partial charge in [0.15, 0.2) is 0 Å². The summed E-state index contributed by atoms with van der Waals surface area (Å²) in [5, 5.41) is 3.48. The topological polar surface area (TPSA) is 12.0 Å². The molecule has 1 aromatic rings. The second kappa shape index (κ2) is 3.21. The van der Waals surface area contributed by atoms with E-state index >= 15 is 0 Å². The van der Waals surface area contributed by atoms with Crippen LogP contribution in [0.4, 0.5) is 0 Å². The van der Waals surface area contributed by atoms with Gasteiger partial charge < -0.3 is 5.32 Å². The molecule has 1 heteroatoms. The van der Waals surface area contributed by atoms with E-state index in [1.807, 2.05) is 0 Å². The third kappa shape index (κ3) is 1.19. The Morgan fingerprint density at radius 1 is 1.33 bits per heavy atom. The molecule has 1 aliphatic carbocycles. The first kappa shape index (κ1) is 9.17. The number of hydrogen-bond donors (Lipinski definition) is 1. The van der Waals surface area contributed by atoms with Crippen LogP contribution in [0.5, 0.6) is 0 Å². The van der Waals surface area contributed by atoms with Crippen molar-refractivity contribution in [1.29, 1.82) is 0 Å². The van der Waals surface area contributed by atoms with Gasteiger partial charge in [0, 0.05) is 5.41 Å².